The summed E-state index contributed by atoms with van der Waals surface area (Å²) in [6.07, 6.45) is 1.97. The van der Waals surface area contributed by atoms with Gasteiger partial charge in [-0.3, -0.25) is 4.68 Å². The van der Waals surface area contributed by atoms with Crippen LogP contribution in [-0.4, -0.2) is 28.8 Å². The molecule has 0 spiro atoms. The Labute approximate surface area is 67.6 Å². The minimum absolute atomic E-state index is 0.399. The van der Waals surface area contributed by atoms with Gasteiger partial charge in [0, 0.05) is 13.2 Å². The van der Waals surface area contributed by atoms with E-state index in [0.717, 1.165) is 5.69 Å². The molecule has 1 aromatic heterocycles. The molecule has 1 atom stereocenters. The molecule has 0 saturated carbocycles. The molecule has 3 nitrogen and oxygen atoms in total. The predicted octanol–water partition coefficient (Wildman–Crippen LogP) is 1.04. The van der Waals surface area contributed by atoms with Crippen LogP contribution in [-0.2, 0) is 7.05 Å². The summed E-state index contributed by atoms with van der Waals surface area (Å²) in [5.74, 6) is 0. The third kappa shape index (κ3) is 1.80. The minimum Gasteiger partial charge on any atom is -0.301 e. The Morgan fingerprint density at radius 1 is 1.55 bits per heavy atom. The summed E-state index contributed by atoms with van der Waals surface area (Å²) in [6.45, 7) is 2.14. The van der Waals surface area contributed by atoms with Gasteiger partial charge in [0.05, 0.1) is 11.7 Å². The first-order valence-corrected chi connectivity index (χ1v) is 3.77. The summed E-state index contributed by atoms with van der Waals surface area (Å²) in [7, 11) is 6.05. The van der Waals surface area contributed by atoms with Crippen LogP contribution < -0.4 is 0 Å². The molecule has 0 fully saturated rings. The number of nitrogens with zero attached hydrogens (tertiary/aromatic N) is 3. The smallest absolute Gasteiger partial charge is 0.0792 e. The molecule has 1 unspecified atom stereocenters. The molecule has 0 aliphatic rings. The molecular weight excluding hydrogens is 138 g/mol. The highest BCUT2D eigenvalue weighted by atomic mass is 15.3. The molecule has 0 radical (unpaired) electrons. The van der Waals surface area contributed by atoms with E-state index in [0.29, 0.717) is 6.04 Å². The maximum Gasteiger partial charge on any atom is 0.0792 e. The second-order valence-corrected chi connectivity index (χ2v) is 3.05. The molecule has 1 heterocycles. The third-order valence-corrected chi connectivity index (χ3v) is 1.94. The van der Waals surface area contributed by atoms with E-state index < -0.39 is 0 Å². The van der Waals surface area contributed by atoms with Crippen molar-refractivity contribution in [1.82, 2.24) is 14.7 Å². The highest BCUT2D eigenvalue weighted by molar-refractivity contribution is 5.03. The van der Waals surface area contributed by atoms with E-state index in [1.807, 2.05) is 24.0 Å². The van der Waals surface area contributed by atoms with Gasteiger partial charge < -0.3 is 4.90 Å². The van der Waals surface area contributed by atoms with Crippen molar-refractivity contribution in [2.24, 2.45) is 7.05 Å². The summed E-state index contributed by atoms with van der Waals surface area (Å²) in [6, 6.07) is 2.45. The van der Waals surface area contributed by atoms with Gasteiger partial charge in [0.1, 0.15) is 0 Å². The number of rotatable bonds is 2. The lowest BCUT2D eigenvalue weighted by molar-refractivity contribution is 0.313. The van der Waals surface area contributed by atoms with Gasteiger partial charge in [0.15, 0.2) is 0 Å². The van der Waals surface area contributed by atoms with E-state index >= 15 is 0 Å². The topological polar surface area (TPSA) is 21.1 Å². The van der Waals surface area contributed by atoms with Crippen LogP contribution >= 0.6 is 0 Å². The highest BCUT2D eigenvalue weighted by Crippen LogP contribution is 2.13. The molecular formula is C8H15N3. The summed E-state index contributed by atoms with van der Waals surface area (Å²) in [4.78, 5) is 2.14. The fourth-order valence-corrected chi connectivity index (χ4v) is 0.920. The second kappa shape index (κ2) is 3.05. The molecule has 1 rings (SSSR count). The van der Waals surface area contributed by atoms with Crippen molar-refractivity contribution < 1.29 is 0 Å². The molecule has 0 aliphatic heterocycles. The number of hydrogen-bond acceptors (Lipinski definition) is 2. The summed E-state index contributed by atoms with van der Waals surface area (Å²) in [5, 5.41) is 4.31. The fourth-order valence-electron chi connectivity index (χ4n) is 0.920. The van der Waals surface area contributed by atoms with Crippen molar-refractivity contribution >= 4 is 0 Å². The lowest BCUT2D eigenvalue weighted by Crippen LogP contribution is -2.17. The van der Waals surface area contributed by atoms with E-state index in [1.54, 1.807) is 0 Å². The zero-order valence-corrected chi connectivity index (χ0v) is 7.57. The predicted molar refractivity (Wildman–Crippen MR) is 45.3 cm³/mol. The first-order chi connectivity index (χ1) is 5.11. The Morgan fingerprint density at radius 3 is 2.55 bits per heavy atom. The first kappa shape index (κ1) is 8.27. The van der Waals surface area contributed by atoms with Gasteiger partial charge in [-0.1, -0.05) is 0 Å². The molecule has 0 bridgehead atoms. The molecule has 3 heteroatoms. The van der Waals surface area contributed by atoms with Crippen molar-refractivity contribution in [2.45, 2.75) is 13.0 Å². The molecule has 0 aromatic carbocycles. The van der Waals surface area contributed by atoms with Crippen LogP contribution in [0.25, 0.3) is 0 Å². The van der Waals surface area contributed by atoms with E-state index in [1.165, 1.54) is 0 Å². The first-order valence-electron chi connectivity index (χ1n) is 3.77. The molecule has 62 valence electrons. The van der Waals surface area contributed by atoms with Crippen molar-refractivity contribution in [1.29, 1.82) is 0 Å². The average molecular weight is 153 g/mol. The molecule has 11 heavy (non-hydrogen) atoms. The Hall–Kier alpha value is -0.830. The molecule has 0 N–H and O–H groups in total. The second-order valence-electron chi connectivity index (χ2n) is 3.05. The van der Waals surface area contributed by atoms with Crippen LogP contribution in [0.4, 0.5) is 0 Å². The van der Waals surface area contributed by atoms with Gasteiger partial charge in [-0.05, 0) is 27.1 Å². The van der Waals surface area contributed by atoms with Gasteiger partial charge in [0.25, 0.3) is 0 Å². The van der Waals surface area contributed by atoms with Crippen LogP contribution in [0.2, 0.25) is 0 Å². The fraction of sp³-hybridized carbons (Fsp3) is 0.625. The largest absolute Gasteiger partial charge is 0.301 e. The van der Waals surface area contributed by atoms with Crippen molar-refractivity contribution in [2.75, 3.05) is 14.1 Å². The van der Waals surface area contributed by atoms with Crippen LogP contribution in [0, 0.1) is 0 Å². The lowest BCUT2D eigenvalue weighted by atomic mass is 10.2. The molecule has 0 amide bonds. The number of hydrogen-bond donors (Lipinski definition) is 0. The Kier molecular flexibility index (Phi) is 2.29. The van der Waals surface area contributed by atoms with Gasteiger partial charge in [0.2, 0.25) is 0 Å². The molecule has 1 aromatic rings. The van der Waals surface area contributed by atoms with Crippen LogP contribution in [0.1, 0.15) is 18.7 Å². The Bertz CT molecular complexity index is 227. The SMILES string of the molecule is CC(c1ccn(C)n1)N(C)C. The summed E-state index contributed by atoms with van der Waals surface area (Å²) < 4.78 is 1.83. The molecule has 0 saturated heterocycles. The van der Waals surface area contributed by atoms with Gasteiger partial charge in [-0.2, -0.15) is 5.10 Å². The van der Waals surface area contributed by atoms with Crippen molar-refractivity contribution in [3.05, 3.63) is 18.0 Å². The summed E-state index contributed by atoms with van der Waals surface area (Å²) >= 11 is 0. The number of aryl methyl sites for hydroxylation is 1. The van der Waals surface area contributed by atoms with Crippen molar-refractivity contribution in [3.8, 4) is 0 Å². The van der Waals surface area contributed by atoms with Gasteiger partial charge in [-0.25, -0.2) is 0 Å². The molecule has 0 aliphatic carbocycles. The lowest BCUT2D eigenvalue weighted by Gasteiger charge is -2.16. The quantitative estimate of drug-likeness (QED) is 0.633. The Balaban J connectivity index is 2.76. The van der Waals surface area contributed by atoms with Gasteiger partial charge in [-0.15, -0.1) is 0 Å². The van der Waals surface area contributed by atoms with E-state index in [2.05, 4.69) is 31.0 Å². The van der Waals surface area contributed by atoms with Crippen molar-refractivity contribution in [3.63, 3.8) is 0 Å². The highest BCUT2D eigenvalue weighted by Gasteiger charge is 2.09. The van der Waals surface area contributed by atoms with Crippen LogP contribution in [0.3, 0.4) is 0 Å². The number of aromatic nitrogens is 2. The zero-order valence-electron chi connectivity index (χ0n) is 7.57. The van der Waals surface area contributed by atoms with Crippen LogP contribution in [0.5, 0.6) is 0 Å². The minimum atomic E-state index is 0.399. The monoisotopic (exact) mass is 153 g/mol. The van der Waals surface area contributed by atoms with E-state index in [-0.39, 0.29) is 0 Å². The maximum absolute atomic E-state index is 4.31. The maximum atomic E-state index is 4.31. The van der Waals surface area contributed by atoms with Gasteiger partial charge >= 0.3 is 0 Å². The van der Waals surface area contributed by atoms with E-state index in [4.69, 9.17) is 0 Å². The Morgan fingerprint density at radius 2 is 2.18 bits per heavy atom. The normalized spacial score (nSPS) is 13.9. The van der Waals surface area contributed by atoms with E-state index in [9.17, 15) is 0 Å². The summed E-state index contributed by atoms with van der Waals surface area (Å²) in [5.41, 5.74) is 1.12. The third-order valence-electron chi connectivity index (χ3n) is 1.94. The van der Waals surface area contributed by atoms with Crippen LogP contribution in [0.15, 0.2) is 12.3 Å². The average Bonchev–Trinajstić information content (AvgIpc) is 2.34. The standard InChI is InChI=1S/C8H15N3/c1-7(10(2)3)8-5-6-11(4)9-8/h5-7H,1-4H3. The zero-order chi connectivity index (χ0) is 8.43.